The van der Waals surface area contributed by atoms with E-state index in [1.54, 1.807) is 0 Å². The second-order valence-electron chi connectivity index (χ2n) is 33.4. The molecule has 120 heavy (non-hydrogen) atoms. The van der Waals surface area contributed by atoms with Crippen molar-refractivity contribution < 1.29 is 68.2 Å². The number of unbranched alkanes of at least 4 members (excludes halogenated alkanes) is 10. The third-order valence-electron chi connectivity index (χ3n) is 20.5. The van der Waals surface area contributed by atoms with Gasteiger partial charge in [-0.1, -0.05) is 305 Å². The standard InChI is InChI=1S/C18H28O2.C17H26O2.C16H24O2.2C15H22O2.C13H18O2.C12H16O2/c1-4-20-18(19)13-8-6-5-7-10-16-11-9-12-17(14-16)15(2)3;1-4-19-17(18)12-7-5-6-9-15-10-8-11-16(13-15)14(2)3;1-13(2)15-10-7-9-14(12-15)8-5-3-4-6-11-16(17)18;1-12(2)14-9-6-8-13(11-14)7-4-3-5-10-15(16)17;1-4-17-15(16)10-6-8-13-7-5-9-14(11-13)12(2)3;1-10(2)12-7-3-5-11(9-12)6-4-8-13(14)15;1-9(2)11-5-3-4-10(8-11)6-7-12(13)14/h9,11-12,14-15H,4-8,10,13H2,1-3H3;8,10-11,13-14H,4-7,9,12H2,1-3H3;7,9-10,12-13H,3-6,8,11H2,1-2H3,(H,17,18);6,8-9,11-12H,3-5,7,10H2,1-2H3,(H,16,17);5,7,9,11-12H,4,6,8,10H2,1-3H3;3,5,7,9-10H,4,6,8H2,1-2H3,(H,14,15);3-5,8-9H,6-7H2,1-2H3,(H,13,14). The third-order valence-corrected chi connectivity index (χ3v) is 20.5. The van der Waals surface area contributed by atoms with Crippen molar-refractivity contribution in [2.75, 3.05) is 19.8 Å². The van der Waals surface area contributed by atoms with Gasteiger partial charge >= 0.3 is 41.8 Å². The van der Waals surface area contributed by atoms with E-state index >= 15 is 0 Å². The molecule has 0 spiro atoms. The summed E-state index contributed by atoms with van der Waals surface area (Å²) in [6, 6.07) is 60.4. The molecule has 0 amide bonds. The van der Waals surface area contributed by atoms with Gasteiger partial charge in [0.05, 0.1) is 19.8 Å². The summed E-state index contributed by atoms with van der Waals surface area (Å²) >= 11 is 0. The van der Waals surface area contributed by atoms with Crippen molar-refractivity contribution in [2.45, 2.75) is 352 Å². The number of aliphatic carboxylic acids is 4. The zero-order valence-electron chi connectivity index (χ0n) is 76.9. The highest BCUT2D eigenvalue weighted by atomic mass is 16.5. The van der Waals surface area contributed by atoms with Crippen LogP contribution in [0.4, 0.5) is 0 Å². The van der Waals surface area contributed by atoms with E-state index in [1.807, 2.05) is 39.0 Å². The van der Waals surface area contributed by atoms with Crippen molar-refractivity contribution >= 4 is 41.8 Å². The molecular weight excluding hydrogens is 1500 g/mol. The molecule has 0 heterocycles. The second-order valence-corrected chi connectivity index (χ2v) is 33.4. The van der Waals surface area contributed by atoms with E-state index in [1.165, 1.54) is 85.2 Å². The lowest BCUT2D eigenvalue weighted by Gasteiger charge is -2.08. The van der Waals surface area contributed by atoms with Gasteiger partial charge in [0.25, 0.3) is 0 Å². The van der Waals surface area contributed by atoms with E-state index in [2.05, 4.69) is 249 Å². The average molecular weight is 1650 g/mol. The van der Waals surface area contributed by atoms with Crippen LogP contribution in [0.1, 0.15) is 385 Å². The van der Waals surface area contributed by atoms with Crippen LogP contribution < -0.4 is 0 Å². The molecule has 7 aromatic carbocycles. The third kappa shape index (κ3) is 57.1. The van der Waals surface area contributed by atoms with Crippen LogP contribution in [0.15, 0.2) is 170 Å². The molecule has 0 aliphatic heterocycles. The fourth-order valence-corrected chi connectivity index (χ4v) is 13.1. The molecular formula is C106H156O14. The topological polar surface area (TPSA) is 228 Å². The van der Waals surface area contributed by atoms with Crippen molar-refractivity contribution in [1.29, 1.82) is 0 Å². The van der Waals surface area contributed by atoms with Gasteiger partial charge in [0.1, 0.15) is 0 Å². The van der Waals surface area contributed by atoms with Gasteiger partial charge in [0.2, 0.25) is 0 Å². The molecule has 0 aromatic heterocycles. The van der Waals surface area contributed by atoms with Gasteiger partial charge in [-0.05, 0) is 249 Å². The fourth-order valence-electron chi connectivity index (χ4n) is 13.1. The zero-order chi connectivity index (χ0) is 89.4. The molecule has 14 nitrogen and oxygen atoms in total. The maximum Gasteiger partial charge on any atom is 0.305 e. The molecule has 0 saturated heterocycles. The predicted octanol–water partition coefficient (Wildman–Crippen LogP) is 27.5. The maximum absolute atomic E-state index is 11.2. The molecule has 7 rings (SSSR count). The first-order valence-electron chi connectivity index (χ1n) is 45.2. The van der Waals surface area contributed by atoms with E-state index in [-0.39, 0.29) is 30.7 Å². The van der Waals surface area contributed by atoms with Crippen LogP contribution in [0, 0.1) is 0 Å². The molecule has 7 aromatic rings. The summed E-state index contributed by atoms with van der Waals surface area (Å²) in [4.78, 5) is 75.0. The summed E-state index contributed by atoms with van der Waals surface area (Å²) in [7, 11) is 0. The molecule has 664 valence electrons. The number of benzene rings is 7. The summed E-state index contributed by atoms with van der Waals surface area (Å²) in [5.74, 6) is 0.894. The number of rotatable bonds is 47. The molecule has 0 radical (unpaired) electrons. The van der Waals surface area contributed by atoms with Gasteiger partial charge in [-0.2, -0.15) is 0 Å². The molecule has 0 aliphatic rings. The highest BCUT2D eigenvalue weighted by molar-refractivity contribution is 5.70. The molecule has 14 heteroatoms. The number of carbonyl (C=O) groups is 7. The first-order chi connectivity index (χ1) is 57.3. The van der Waals surface area contributed by atoms with E-state index in [0.717, 1.165) is 134 Å². The Morgan fingerprint density at radius 3 is 0.592 bits per heavy atom. The zero-order valence-corrected chi connectivity index (χ0v) is 76.9. The molecule has 0 unspecified atom stereocenters. The number of carboxylic acid groups (broad SMARTS) is 4. The lowest BCUT2D eigenvalue weighted by atomic mass is 9.98. The average Bonchev–Trinajstić information content (AvgIpc) is 0.940. The van der Waals surface area contributed by atoms with Crippen LogP contribution in [0.5, 0.6) is 0 Å². The van der Waals surface area contributed by atoms with Crippen molar-refractivity contribution in [1.82, 2.24) is 0 Å². The predicted molar refractivity (Wildman–Crippen MR) is 496 cm³/mol. The van der Waals surface area contributed by atoms with Crippen molar-refractivity contribution in [3.8, 4) is 0 Å². The Labute approximate surface area is 725 Å². The van der Waals surface area contributed by atoms with Gasteiger partial charge in [0, 0.05) is 44.9 Å². The van der Waals surface area contributed by atoms with Gasteiger partial charge in [-0.3, -0.25) is 33.6 Å². The first-order valence-corrected chi connectivity index (χ1v) is 45.2. The highest BCUT2D eigenvalue weighted by Crippen LogP contribution is 2.25. The fraction of sp³-hybridized carbons (Fsp3) is 0.538. The largest absolute Gasteiger partial charge is 0.481 e. The van der Waals surface area contributed by atoms with Crippen molar-refractivity contribution in [3.05, 3.63) is 248 Å². The molecule has 0 atom stereocenters. The Bertz CT molecular complexity index is 3910. The highest BCUT2D eigenvalue weighted by Gasteiger charge is 2.11. The molecule has 0 aliphatic carbocycles. The molecule has 0 bridgehead atoms. The van der Waals surface area contributed by atoms with E-state index in [0.29, 0.717) is 99.8 Å². The van der Waals surface area contributed by atoms with Crippen molar-refractivity contribution in [2.24, 2.45) is 0 Å². The summed E-state index contributed by atoms with van der Waals surface area (Å²) in [6.45, 7) is 37.7. The Hall–Kier alpha value is -9.17. The maximum atomic E-state index is 11.2. The summed E-state index contributed by atoms with van der Waals surface area (Å²) < 4.78 is 14.7. The normalized spacial score (nSPS) is 10.7. The Kier molecular flexibility index (Phi) is 61.2. The van der Waals surface area contributed by atoms with Gasteiger partial charge in [0.15, 0.2) is 0 Å². The van der Waals surface area contributed by atoms with Crippen molar-refractivity contribution in [3.63, 3.8) is 0 Å². The minimum atomic E-state index is -0.736. The van der Waals surface area contributed by atoms with Gasteiger partial charge < -0.3 is 34.6 Å². The van der Waals surface area contributed by atoms with E-state index < -0.39 is 23.9 Å². The van der Waals surface area contributed by atoms with Crippen LogP contribution in [0.2, 0.25) is 0 Å². The lowest BCUT2D eigenvalue weighted by molar-refractivity contribution is -0.144. The van der Waals surface area contributed by atoms with Crippen LogP contribution in [0.25, 0.3) is 0 Å². The van der Waals surface area contributed by atoms with E-state index in [9.17, 15) is 33.6 Å². The molecule has 0 fully saturated rings. The first kappa shape index (κ1) is 109. The van der Waals surface area contributed by atoms with Crippen LogP contribution in [0.3, 0.4) is 0 Å². The SMILES string of the molecule is CC(C)c1cccc(CCC(=O)O)c1.CC(C)c1cccc(CCCC(=O)O)c1.CC(C)c1cccc(CCCCCC(=O)O)c1.CC(C)c1cccc(CCCCCCC(=O)O)c1.CCOC(=O)CCCCCCc1cccc(C(C)C)c1.CCOC(=O)CCCCCc1cccc(C(C)C)c1.CCOC(=O)CCCc1cccc(C(C)C)c1. The smallest absolute Gasteiger partial charge is 0.305 e. The monoisotopic (exact) mass is 1650 g/mol. The summed E-state index contributed by atoms with van der Waals surface area (Å²) in [6.07, 6.45) is 25.7. The molecule has 4 N–H and O–H groups in total. The second kappa shape index (κ2) is 67.5. The number of hydrogen-bond donors (Lipinski definition) is 4. The number of esters is 3. The molecule has 0 saturated carbocycles. The minimum absolute atomic E-state index is 0.0582. The number of carbonyl (C=O) groups excluding carboxylic acids is 3. The minimum Gasteiger partial charge on any atom is -0.481 e. The summed E-state index contributed by atoms with van der Waals surface area (Å²) in [5.41, 5.74) is 18.8. The number of carboxylic acids is 4. The van der Waals surface area contributed by atoms with Gasteiger partial charge in [-0.25, -0.2) is 0 Å². The van der Waals surface area contributed by atoms with Crippen LogP contribution in [-0.2, 0) is 92.7 Å². The number of ether oxygens (including phenoxy) is 3. The summed E-state index contributed by atoms with van der Waals surface area (Å²) in [5, 5.41) is 34.1. The van der Waals surface area contributed by atoms with Gasteiger partial charge in [-0.15, -0.1) is 0 Å². The lowest BCUT2D eigenvalue weighted by Crippen LogP contribution is -2.04. The Morgan fingerprint density at radius 1 is 0.217 bits per heavy atom. The Morgan fingerprint density at radius 2 is 0.383 bits per heavy atom. The number of hydrogen-bond acceptors (Lipinski definition) is 10. The number of aryl methyl sites for hydroxylation is 7. The Balaban J connectivity index is 0.000000702. The van der Waals surface area contributed by atoms with Crippen LogP contribution >= 0.6 is 0 Å². The quantitative estimate of drug-likeness (QED) is 0.0158. The van der Waals surface area contributed by atoms with E-state index in [4.69, 9.17) is 34.6 Å². The van der Waals surface area contributed by atoms with Crippen LogP contribution in [-0.4, -0.2) is 82.0 Å².